The highest BCUT2D eigenvalue weighted by Crippen LogP contribution is 2.22. The molecular weight excluding hydrogens is 204 g/mol. The fraction of sp³-hybridized carbons (Fsp3) is 1.00. The first kappa shape index (κ1) is 12.8. The third-order valence-corrected chi connectivity index (χ3v) is 2.36. The Labute approximate surface area is 88.1 Å². The Morgan fingerprint density at radius 1 is 1.13 bits per heavy atom. The largest absolute Gasteiger partial charge is 0.394 e. The molecule has 5 unspecified atom stereocenters. The summed E-state index contributed by atoms with van der Waals surface area (Å²) >= 11 is 0. The van der Waals surface area contributed by atoms with E-state index in [9.17, 15) is 10.2 Å². The van der Waals surface area contributed by atoms with Crippen LogP contribution in [0, 0.1) is 0 Å². The summed E-state index contributed by atoms with van der Waals surface area (Å²) in [6, 6.07) is 0. The second-order valence-corrected chi connectivity index (χ2v) is 3.73. The van der Waals surface area contributed by atoms with Crippen LogP contribution in [0.5, 0.6) is 0 Å². The highest BCUT2D eigenvalue weighted by molar-refractivity contribution is 4.78. The summed E-state index contributed by atoms with van der Waals surface area (Å²) in [5, 5.41) is 36.2. The van der Waals surface area contributed by atoms with Crippen molar-refractivity contribution in [3.8, 4) is 0 Å². The molecule has 0 aliphatic carbocycles. The van der Waals surface area contributed by atoms with E-state index in [1.54, 1.807) is 6.92 Å². The van der Waals surface area contributed by atoms with Gasteiger partial charge >= 0.3 is 0 Å². The molecule has 0 aromatic carbocycles. The quantitative estimate of drug-likeness (QED) is 0.448. The normalized spacial score (nSPS) is 36.2. The Bertz CT molecular complexity index is 169. The van der Waals surface area contributed by atoms with Gasteiger partial charge in [-0.3, -0.25) is 0 Å². The third-order valence-electron chi connectivity index (χ3n) is 2.36. The van der Waals surface area contributed by atoms with Gasteiger partial charge in [0.15, 0.2) is 6.29 Å². The maximum atomic E-state index is 9.40. The molecule has 6 heteroatoms. The summed E-state index contributed by atoms with van der Waals surface area (Å²) in [7, 11) is 0. The molecule has 1 aliphatic rings. The average Bonchev–Trinajstić information content (AvgIpc) is 2.26. The lowest BCUT2D eigenvalue weighted by atomic mass is 10.1. The van der Waals surface area contributed by atoms with Crippen molar-refractivity contribution in [1.29, 1.82) is 0 Å². The summed E-state index contributed by atoms with van der Waals surface area (Å²) in [5.41, 5.74) is 0. The van der Waals surface area contributed by atoms with Crippen LogP contribution in [0.4, 0.5) is 0 Å². The van der Waals surface area contributed by atoms with E-state index in [4.69, 9.17) is 19.7 Å². The van der Waals surface area contributed by atoms with Crippen molar-refractivity contribution in [1.82, 2.24) is 0 Å². The minimum atomic E-state index is -1.14. The van der Waals surface area contributed by atoms with Gasteiger partial charge in [0, 0.05) is 6.42 Å². The molecule has 0 saturated carbocycles. The first-order valence-corrected chi connectivity index (χ1v) is 4.97. The van der Waals surface area contributed by atoms with Crippen molar-refractivity contribution in [3.63, 3.8) is 0 Å². The van der Waals surface area contributed by atoms with Gasteiger partial charge in [0.05, 0.1) is 25.4 Å². The van der Waals surface area contributed by atoms with E-state index in [-0.39, 0.29) is 6.10 Å². The van der Waals surface area contributed by atoms with E-state index in [1.807, 2.05) is 0 Å². The van der Waals surface area contributed by atoms with Crippen LogP contribution in [0.2, 0.25) is 0 Å². The third kappa shape index (κ3) is 3.37. The Kier molecular flexibility index (Phi) is 4.91. The van der Waals surface area contributed by atoms with Gasteiger partial charge in [-0.25, -0.2) is 0 Å². The molecule has 1 heterocycles. The molecular formula is C9H18O6. The molecule has 0 spiro atoms. The number of rotatable bonds is 4. The molecule has 1 saturated heterocycles. The number of aliphatic hydroxyl groups is 4. The topological polar surface area (TPSA) is 99.4 Å². The SMILES string of the molecule is CC1CC(C(O)CO)OC(C(O)CO)O1. The molecule has 1 rings (SSSR count). The minimum Gasteiger partial charge on any atom is -0.394 e. The highest BCUT2D eigenvalue weighted by atomic mass is 16.7. The Balaban J connectivity index is 2.55. The van der Waals surface area contributed by atoms with Crippen molar-refractivity contribution in [2.75, 3.05) is 13.2 Å². The Morgan fingerprint density at radius 3 is 2.27 bits per heavy atom. The molecule has 0 radical (unpaired) electrons. The summed E-state index contributed by atoms with van der Waals surface area (Å²) in [4.78, 5) is 0. The van der Waals surface area contributed by atoms with E-state index in [0.29, 0.717) is 6.42 Å². The maximum Gasteiger partial charge on any atom is 0.186 e. The van der Waals surface area contributed by atoms with Crippen molar-refractivity contribution in [2.45, 2.75) is 44.1 Å². The molecule has 1 fully saturated rings. The zero-order valence-corrected chi connectivity index (χ0v) is 8.61. The van der Waals surface area contributed by atoms with Gasteiger partial charge in [-0.05, 0) is 6.92 Å². The van der Waals surface area contributed by atoms with E-state index in [0.717, 1.165) is 0 Å². The smallest absolute Gasteiger partial charge is 0.186 e. The Morgan fingerprint density at radius 2 is 1.73 bits per heavy atom. The number of ether oxygens (including phenoxy) is 2. The van der Waals surface area contributed by atoms with Gasteiger partial charge in [0.25, 0.3) is 0 Å². The van der Waals surface area contributed by atoms with Gasteiger partial charge < -0.3 is 29.9 Å². The van der Waals surface area contributed by atoms with E-state index in [2.05, 4.69) is 0 Å². The predicted molar refractivity (Wildman–Crippen MR) is 50.0 cm³/mol. The van der Waals surface area contributed by atoms with Crippen LogP contribution in [0.3, 0.4) is 0 Å². The standard InChI is InChI=1S/C9H18O6/c1-5-2-8(6(12)3-10)15-9(14-5)7(13)4-11/h5-13H,2-4H2,1H3. The molecule has 0 amide bonds. The van der Waals surface area contributed by atoms with Gasteiger partial charge in [-0.1, -0.05) is 0 Å². The highest BCUT2D eigenvalue weighted by Gasteiger charge is 2.35. The van der Waals surface area contributed by atoms with Crippen LogP contribution in [0.25, 0.3) is 0 Å². The molecule has 4 N–H and O–H groups in total. The molecule has 5 atom stereocenters. The average molecular weight is 222 g/mol. The minimum absolute atomic E-state index is 0.198. The van der Waals surface area contributed by atoms with Crippen LogP contribution in [-0.2, 0) is 9.47 Å². The van der Waals surface area contributed by atoms with Crippen LogP contribution in [-0.4, -0.2) is 64.3 Å². The zero-order valence-electron chi connectivity index (χ0n) is 8.61. The molecule has 0 aromatic heterocycles. The molecule has 0 bridgehead atoms. The second kappa shape index (κ2) is 5.74. The predicted octanol–water partition coefficient (Wildman–Crippen LogP) is -1.79. The lowest BCUT2D eigenvalue weighted by molar-refractivity contribution is -0.290. The van der Waals surface area contributed by atoms with Gasteiger partial charge in [0.1, 0.15) is 12.2 Å². The molecule has 0 aromatic rings. The number of hydrogen-bond acceptors (Lipinski definition) is 6. The second-order valence-electron chi connectivity index (χ2n) is 3.73. The summed E-state index contributed by atoms with van der Waals surface area (Å²) in [5.74, 6) is 0. The van der Waals surface area contributed by atoms with Gasteiger partial charge in [-0.2, -0.15) is 0 Å². The van der Waals surface area contributed by atoms with Crippen molar-refractivity contribution < 1.29 is 29.9 Å². The number of hydrogen-bond donors (Lipinski definition) is 4. The lowest BCUT2D eigenvalue weighted by Gasteiger charge is -2.37. The molecule has 6 nitrogen and oxygen atoms in total. The molecule has 90 valence electrons. The number of aliphatic hydroxyl groups excluding tert-OH is 4. The van der Waals surface area contributed by atoms with Gasteiger partial charge in [0.2, 0.25) is 0 Å². The van der Waals surface area contributed by atoms with Crippen LogP contribution in [0.1, 0.15) is 13.3 Å². The summed E-state index contributed by atoms with van der Waals surface area (Å²) in [6.45, 7) is 0.898. The summed E-state index contributed by atoms with van der Waals surface area (Å²) < 4.78 is 10.5. The lowest BCUT2D eigenvalue weighted by Crippen LogP contribution is -2.49. The zero-order chi connectivity index (χ0) is 11.4. The fourth-order valence-corrected chi connectivity index (χ4v) is 1.50. The van der Waals surface area contributed by atoms with Crippen molar-refractivity contribution >= 4 is 0 Å². The first-order chi connectivity index (χ1) is 7.08. The first-order valence-electron chi connectivity index (χ1n) is 4.97. The van der Waals surface area contributed by atoms with Crippen molar-refractivity contribution in [2.24, 2.45) is 0 Å². The van der Waals surface area contributed by atoms with E-state index in [1.165, 1.54) is 0 Å². The summed E-state index contributed by atoms with van der Waals surface area (Å²) in [6.07, 6.45) is -3.42. The fourth-order valence-electron chi connectivity index (χ4n) is 1.50. The van der Waals surface area contributed by atoms with Gasteiger partial charge in [-0.15, -0.1) is 0 Å². The Hall–Kier alpha value is -0.240. The van der Waals surface area contributed by atoms with Crippen LogP contribution >= 0.6 is 0 Å². The van der Waals surface area contributed by atoms with E-state index >= 15 is 0 Å². The maximum absolute atomic E-state index is 9.40. The van der Waals surface area contributed by atoms with Crippen molar-refractivity contribution in [3.05, 3.63) is 0 Å². The van der Waals surface area contributed by atoms with E-state index < -0.39 is 37.8 Å². The monoisotopic (exact) mass is 222 g/mol. The molecule has 1 aliphatic heterocycles. The molecule has 15 heavy (non-hydrogen) atoms. The van der Waals surface area contributed by atoms with Crippen LogP contribution < -0.4 is 0 Å². The van der Waals surface area contributed by atoms with Crippen LogP contribution in [0.15, 0.2) is 0 Å².